The number of benzene rings is 1. The van der Waals surface area contributed by atoms with Crippen LogP contribution in [0.15, 0.2) is 42.7 Å². The van der Waals surface area contributed by atoms with Crippen molar-refractivity contribution in [1.29, 1.82) is 0 Å². The Labute approximate surface area is 251 Å². The third kappa shape index (κ3) is 9.88. The van der Waals surface area contributed by atoms with E-state index in [2.05, 4.69) is 40.9 Å². The molecule has 0 aliphatic rings. The average Bonchev–Trinajstić information content (AvgIpc) is 3.64. The van der Waals surface area contributed by atoms with Crippen molar-refractivity contribution in [3.63, 3.8) is 0 Å². The van der Waals surface area contributed by atoms with Gasteiger partial charge in [0.15, 0.2) is 5.69 Å². The number of hydrogen-bond acceptors (Lipinski definition) is 9. The summed E-state index contributed by atoms with van der Waals surface area (Å²) in [6.45, 7) is -0.957. The smallest absolute Gasteiger partial charge is 0.406 e. The van der Waals surface area contributed by atoms with E-state index in [1.165, 1.54) is 0 Å². The minimum Gasteiger partial charge on any atom is -0.406 e. The van der Waals surface area contributed by atoms with Gasteiger partial charge >= 0.3 is 12.5 Å². The molecule has 0 saturated heterocycles. The van der Waals surface area contributed by atoms with Gasteiger partial charge in [-0.15, -0.1) is 28.5 Å². The van der Waals surface area contributed by atoms with Crippen molar-refractivity contribution in [1.82, 2.24) is 40.8 Å². The minimum atomic E-state index is -4.98. The highest BCUT2D eigenvalue weighted by molar-refractivity contribution is 7.13. The maximum atomic E-state index is 14.6. The van der Waals surface area contributed by atoms with E-state index in [9.17, 15) is 44.7 Å². The van der Waals surface area contributed by atoms with Gasteiger partial charge in [0.05, 0.1) is 30.5 Å². The van der Waals surface area contributed by atoms with Gasteiger partial charge in [0, 0.05) is 24.7 Å². The number of halogens is 8. The molecule has 1 aromatic carbocycles. The SMILES string of the molecule is O=C(NCc1cc(OC(F)(F)F)ccc1F)c1cn(CC(F)CCc2nnc(C(=O)NCc3ccc(C(F)(F)F)cn3)s2)nn1. The Bertz CT molecular complexity index is 1630. The minimum absolute atomic E-state index is 0.0428. The summed E-state index contributed by atoms with van der Waals surface area (Å²) >= 11 is 0.898. The molecule has 2 amide bonds. The number of aryl methyl sites for hydroxylation is 1. The van der Waals surface area contributed by atoms with Crippen molar-refractivity contribution in [2.75, 3.05) is 0 Å². The monoisotopic (exact) mass is 664 g/mol. The molecule has 0 bridgehead atoms. The zero-order chi connectivity index (χ0) is 32.8. The number of nitrogens with zero attached hydrogens (tertiary/aromatic N) is 6. The lowest BCUT2D eigenvalue weighted by Crippen LogP contribution is -2.24. The fourth-order valence-corrected chi connectivity index (χ4v) is 4.38. The summed E-state index contributed by atoms with van der Waals surface area (Å²) in [7, 11) is 0. The van der Waals surface area contributed by atoms with Crippen LogP contribution in [0.25, 0.3) is 0 Å². The number of carbonyl (C=O) groups excluding carboxylic acids is 2. The second-order valence-corrected chi connectivity index (χ2v) is 10.2. The fourth-order valence-electron chi connectivity index (χ4n) is 3.61. The van der Waals surface area contributed by atoms with Gasteiger partial charge in [-0.3, -0.25) is 14.6 Å². The molecular formula is C25H20F8N8O3S. The van der Waals surface area contributed by atoms with E-state index in [0.29, 0.717) is 11.2 Å². The molecule has 0 aliphatic heterocycles. The molecule has 2 N–H and O–H groups in total. The Morgan fingerprint density at radius 3 is 2.42 bits per heavy atom. The number of pyridine rings is 1. The van der Waals surface area contributed by atoms with Crippen molar-refractivity contribution in [2.24, 2.45) is 0 Å². The van der Waals surface area contributed by atoms with Crippen LogP contribution in [0.1, 0.15) is 48.5 Å². The van der Waals surface area contributed by atoms with Gasteiger partial charge in [0.25, 0.3) is 11.8 Å². The number of ether oxygens (including phenoxy) is 1. The van der Waals surface area contributed by atoms with Gasteiger partial charge in [-0.05, 0) is 36.8 Å². The third-order valence-electron chi connectivity index (χ3n) is 5.76. The number of rotatable bonds is 12. The van der Waals surface area contributed by atoms with Crippen LogP contribution in [0.4, 0.5) is 35.1 Å². The van der Waals surface area contributed by atoms with Crippen molar-refractivity contribution < 1.29 is 49.4 Å². The lowest BCUT2D eigenvalue weighted by atomic mass is 10.2. The zero-order valence-corrected chi connectivity index (χ0v) is 23.3. The molecule has 1 unspecified atom stereocenters. The normalized spacial score (nSPS) is 12.5. The van der Waals surface area contributed by atoms with Crippen LogP contribution in [-0.2, 0) is 32.2 Å². The molecule has 4 rings (SSSR count). The Balaban J connectivity index is 1.21. The van der Waals surface area contributed by atoms with Crippen LogP contribution in [0.5, 0.6) is 5.75 Å². The molecule has 0 saturated carbocycles. The topological polar surface area (TPSA) is 137 Å². The number of hydrogen-bond donors (Lipinski definition) is 2. The molecule has 0 spiro atoms. The quantitative estimate of drug-likeness (QED) is 0.213. The summed E-state index contributed by atoms with van der Waals surface area (Å²) in [6, 6.07) is 4.28. The van der Waals surface area contributed by atoms with Gasteiger partial charge in [0.2, 0.25) is 5.01 Å². The van der Waals surface area contributed by atoms with Gasteiger partial charge in [0.1, 0.15) is 22.7 Å². The van der Waals surface area contributed by atoms with E-state index in [-0.39, 0.29) is 47.9 Å². The number of carbonyl (C=O) groups is 2. The largest absolute Gasteiger partial charge is 0.573 e. The molecule has 20 heteroatoms. The van der Waals surface area contributed by atoms with E-state index >= 15 is 0 Å². The van der Waals surface area contributed by atoms with Gasteiger partial charge < -0.3 is 15.4 Å². The summed E-state index contributed by atoms with van der Waals surface area (Å²) in [5.41, 5.74) is -1.27. The predicted molar refractivity (Wildman–Crippen MR) is 138 cm³/mol. The predicted octanol–water partition coefficient (Wildman–Crippen LogP) is 4.41. The van der Waals surface area contributed by atoms with Gasteiger partial charge in [-0.2, -0.15) is 13.2 Å². The highest BCUT2D eigenvalue weighted by Crippen LogP contribution is 2.28. The Morgan fingerprint density at radius 2 is 1.73 bits per heavy atom. The Hall–Kier alpha value is -4.75. The summed E-state index contributed by atoms with van der Waals surface area (Å²) in [5, 5.41) is 19.9. The molecule has 0 radical (unpaired) electrons. The Kier molecular flexibility index (Phi) is 10.2. The third-order valence-corrected chi connectivity index (χ3v) is 6.74. The summed E-state index contributed by atoms with van der Waals surface area (Å²) in [6.07, 6.45) is -9.20. The Morgan fingerprint density at radius 1 is 0.978 bits per heavy atom. The molecule has 0 fully saturated rings. The first-order valence-corrected chi connectivity index (χ1v) is 13.5. The first kappa shape index (κ1) is 33.1. The van der Waals surface area contributed by atoms with Crippen molar-refractivity contribution in [3.05, 3.63) is 81.1 Å². The molecular weight excluding hydrogens is 644 g/mol. The number of aromatic nitrogens is 6. The van der Waals surface area contributed by atoms with Gasteiger partial charge in [-0.1, -0.05) is 16.6 Å². The van der Waals surface area contributed by atoms with E-state index in [4.69, 9.17) is 0 Å². The summed E-state index contributed by atoms with van der Waals surface area (Å²) in [5.74, 6) is -3.04. The zero-order valence-electron chi connectivity index (χ0n) is 22.5. The van der Waals surface area contributed by atoms with Crippen molar-refractivity contribution in [3.8, 4) is 5.75 Å². The fraction of sp³-hybridized carbons (Fsp3) is 0.320. The van der Waals surface area contributed by atoms with E-state index in [1.807, 2.05) is 0 Å². The second-order valence-electron chi connectivity index (χ2n) is 9.17. The first-order chi connectivity index (χ1) is 21.2. The molecule has 3 heterocycles. The molecule has 4 aromatic rings. The van der Waals surface area contributed by atoms with Crippen LogP contribution in [0.2, 0.25) is 0 Å². The van der Waals surface area contributed by atoms with Crippen molar-refractivity contribution >= 4 is 23.2 Å². The van der Waals surface area contributed by atoms with E-state index < -0.39 is 54.2 Å². The second kappa shape index (κ2) is 13.9. The first-order valence-electron chi connectivity index (χ1n) is 12.7. The number of alkyl halides is 7. The highest BCUT2D eigenvalue weighted by atomic mass is 32.1. The molecule has 3 aromatic heterocycles. The maximum Gasteiger partial charge on any atom is 0.573 e. The lowest BCUT2D eigenvalue weighted by Gasteiger charge is -2.11. The molecule has 11 nitrogen and oxygen atoms in total. The number of amides is 2. The van der Waals surface area contributed by atoms with Crippen LogP contribution in [0, 0.1) is 5.82 Å². The van der Waals surface area contributed by atoms with Crippen molar-refractivity contribution in [2.45, 2.75) is 51.2 Å². The number of nitrogens with one attached hydrogen (secondary N) is 2. The molecule has 240 valence electrons. The maximum absolute atomic E-state index is 14.6. The van der Waals surface area contributed by atoms with Crippen LogP contribution in [0.3, 0.4) is 0 Å². The van der Waals surface area contributed by atoms with E-state index in [0.717, 1.165) is 52.5 Å². The average molecular weight is 665 g/mol. The molecule has 1 atom stereocenters. The molecule has 0 aliphatic carbocycles. The lowest BCUT2D eigenvalue weighted by molar-refractivity contribution is -0.274. The van der Waals surface area contributed by atoms with Crippen LogP contribution >= 0.6 is 11.3 Å². The highest BCUT2D eigenvalue weighted by Gasteiger charge is 2.32. The summed E-state index contributed by atoms with van der Waals surface area (Å²) < 4.78 is 108. The van der Waals surface area contributed by atoms with Crippen LogP contribution < -0.4 is 15.4 Å². The van der Waals surface area contributed by atoms with Crippen LogP contribution in [-0.4, -0.2) is 54.5 Å². The molecule has 45 heavy (non-hydrogen) atoms. The summed E-state index contributed by atoms with van der Waals surface area (Å²) in [4.78, 5) is 28.3. The standard InChI is InChI=1S/C25H20F8N8O3S/c26-15(2-6-20-38-39-23(45-20)22(43)36-10-16-3-1-14(9-34-16)24(28,29)30)11-41-12-19(37-40-41)21(42)35-8-13-7-17(4-5-18(13)27)44-25(31,32)33/h1,3-5,7,9,12,15H,2,6,8,10-11H2,(H,35,42)(H,36,43). The van der Waals surface area contributed by atoms with Gasteiger partial charge in [-0.25, -0.2) is 13.5 Å². The van der Waals surface area contributed by atoms with E-state index in [1.54, 1.807) is 0 Å².